The maximum atomic E-state index is 10.4. The van der Waals surface area contributed by atoms with Crippen molar-refractivity contribution in [3.8, 4) is 11.1 Å². The number of hydrogen-bond donors (Lipinski definition) is 2. The summed E-state index contributed by atoms with van der Waals surface area (Å²) in [5, 5.41) is 15.2. The molecule has 0 fully saturated rings. The Morgan fingerprint density at radius 2 is 1.54 bits per heavy atom. The van der Waals surface area contributed by atoms with Crippen molar-refractivity contribution in [1.29, 1.82) is 0 Å². The molecule has 0 aliphatic carbocycles. The highest BCUT2D eigenvalue weighted by Gasteiger charge is 2.15. The average Bonchev–Trinajstić information content (AvgIpc) is 2.69. The maximum absolute atomic E-state index is 10.4. The van der Waals surface area contributed by atoms with Gasteiger partial charge in [0.2, 0.25) is 0 Å². The van der Waals surface area contributed by atoms with Gasteiger partial charge >= 0.3 is 0 Å². The third kappa shape index (κ3) is 4.80. The first-order valence-corrected chi connectivity index (χ1v) is 10.2. The van der Waals surface area contributed by atoms with Gasteiger partial charge in [0, 0.05) is 12.3 Å². The summed E-state index contributed by atoms with van der Waals surface area (Å²) in [5.41, 5.74) is 4.81. The predicted octanol–water partition coefficient (Wildman–Crippen LogP) is 4.64. The summed E-state index contributed by atoms with van der Waals surface area (Å²) in [7, 11) is 0.677. The Morgan fingerprint density at radius 1 is 0.885 bits per heavy atom. The van der Waals surface area contributed by atoms with Crippen molar-refractivity contribution in [3.05, 3.63) is 90.0 Å². The van der Waals surface area contributed by atoms with E-state index in [0.717, 1.165) is 11.8 Å². The minimum atomic E-state index is -0.482. The highest BCUT2D eigenvalue weighted by atomic mass is 31.1. The molecule has 3 heteroatoms. The molecule has 0 radical (unpaired) electrons. The number of hydrogen-bond acceptors (Lipinski definition) is 2. The Morgan fingerprint density at radius 3 is 2.23 bits per heavy atom. The number of aryl methyl sites for hydroxylation is 1. The van der Waals surface area contributed by atoms with Crippen LogP contribution in [-0.4, -0.2) is 17.4 Å². The van der Waals surface area contributed by atoms with Crippen molar-refractivity contribution in [1.82, 2.24) is 5.32 Å². The normalized spacial score (nSPS) is 13.8. The van der Waals surface area contributed by atoms with Crippen LogP contribution in [0.5, 0.6) is 0 Å². The van der Waals surface area contributed by atoms with Crippen LogP contribution in [0.2, 0.25) is 0 Å². The topological polar surface area (TPSA) is 32.3 Å². The van der Waals surface area contributed by atoms with Crippen molar-refractivity contribution in [2.24, 2.45) is 0 Å². The molecular formula is C23H26NOP. The molecule has 3 aromatic rings. The Labute approximate surface area is 158 Å². The molecule has 0 saturated heterocycles. The first-order valence-electron chi connectivity index (χ1n) is 9.01. The van der Waals surface area contributed by atoms with Gasteiger partial charge in [-0.3, -0.25) is 0 Å². The van der Waals surface area contributed by atoms with E-state index in [1.54, 1.807) is 0 Å². The molecule has 3 atom stereocenters. The minimum Gasteiger partial charge on any atom is -0.387 e. The van der Waals surface area contributed by atoms with Crippen molar-refractivity contribution in [2.75, 3.05) is 6.29 Å². The standard InChI is InChI=1S/C23H26NOP/c1-17-8-6-7-11-22(17)19-12-14-21(15-13-19)26-16-24-18(2)23(25)20-9-4-3-5-10-20/h3-15,18,23-26H,16H2,1-2H3/t18-,23-/m0/s1. The summed E-state index contributed by atoms with van der Waals surface area (Å²) < 4.78 is 0. The lowest BCUT2D eigenvalue weighted by Gasteiger charge is -2.20. The van der Waals surface area contributed by atoms with Gasteiger partial charge in [-0.25, -0.2) is 0 Å². The van der Waals surface area contributed by atoms with Crippen LogP contribution in [0.15, 0.2) is 78.9 Å². The molecule has 26 heavy (non-hydrogen) atoms. The van der Waals surface area contributed by atoms with Gasteiger partial charge in [-0.2, -0.15) is 0 Å². The average molecular weight is 363 g/mol. The van der Waals surface area contributed by atoms with E-state index in [1.165, 1.54) is 22.0 Å². The summed E-state index contributed by atoms with van der Waals surface area (Å²) in [5.74, 6) is 0. The van der Waals surface area contributed by atoms with Crippen LogP contribution in [0, 0.1) is 6.92 Å². The summed E-state index contributed by atoms with van der Waals surface area (Å²) in [4.78, 5) is 0. The molecular weight excluding hydrogens is 337 g/mol. The van der Waals surface area contributed by atoms with E-state index in [0.29, 0.717) is 8.58 Å². The molecule has 0 amide bonds. The van der Waals surface area contributed by atoms with Crippen LogP contribution in [0.4, 0.5) is 0 Å². The highest BCUT2D eigenvalue weighted by molar-refractivity contribution is 7.47. The van der Waals surface area contributed by atoms with Gasteiger partial charge in [-0.1, -0.05) is 87.4 Å². The lowest BCUT2D eigenvalue weighted by atomic mass is 10.0. The smallest absolute Gasteiger partial charge is 0.0940 e. The monoisotopic (exact) mass is 363 g/mol. The van der Waals surface area contributed by atoms with Crippen LogP contribution in [0.1, 0.15) is 24.2 Å². The van der Waals surface area contributed by atoms with Gasteiger partial charge in [-0.15, -0.1) is 0 Å². The van der Waals surface area contributed by atoms with E-state index in [4.69, 9.17) is 0 Å². The van der Waals surface area contributed by atoms with E-state index in [1.807, 2.05) is 37.3 Å². The fourth-order valence-corrected chi connectivity index (χ4v) is 4.06. The molecule has 0 aromatic heterocycles. The zero-order valence-corrected chi connectivity index (χ0v) is 16.3. The summed E-state index contributed by atoms with van der Waals surface area (Å²) in [6.07, 6.45) is 0.388. The number of nitrogens with one attached hydrogen (secondary N) is 1. The third-order valence-corrected chi connectivity index (χ3v) is 5.79. The van der Waals surface area contributed by atoms with Gasteiger partial charge in [0.15, 0.2) is 0 Å². The second-order valence-corrected chi connectivity index (χ2v) is 7.88. The zero-order chi connectivity index (χ0) is 18.4. The second kappa shape index (κ2) is 9.09. The summed E-state index contributed by atoms with van der Waals surface area (Å²) in [6, 6.07) is 27.1. The Kier molecular flexibility index (Phi) is 6.57. The first kappa shape index (κ1) is 18.8. The highest BCUT2D eigenvalue weighted by Crippen LogP contribution is 2.23. The van der Waals surface area contributed by atoms with Crippen molar-refractivity contribution >= 4 is 13.9 Å². The van der Waals surface area contributed by atoms with E-state index in [-0.39, 0.29) is 6.04 Å². The Balaban J connectivity index is 1.53. The van der Waals surface area contributed by atoms with Gasteiger partial charge in [0.1, 0.15) is 0 Å². The maximum Gasteiger partial charge on any atom is 0.0940 e. The lowest BCUT2D eigenvalue weighted by molar-refractivity contribution is 0.139. The van der Waals surface area contributed by atoms with Gasteiger partial charge in [0.05, 0.1) is 6.10 Å². The van der Waals surface area contributed by atoms with Crippen molar-refractivity contribution < 1.29 is 5.11 Å². The molecule has 0 heterocycles. The van der Waals surface area contributed by atoms with E-state index in [2.05, 4.69) is 60.8 Å². The molecule has 0 saturated carbocycles. The first-order chi connectivity index (χ1) is 12.6. The van der Waals surface area contributed by atoms with Crippen LogP contribution < -0.4 is 10.6 Å². The number of aliphatic hydroxyl groups excluding tert-OH is 1. The lowest BCUT2D eigenvalue weighted by Crippen LogP contribution is -2.32. The molecule has 3 aromatic carbocycles. The molecule has 0 aliphatic heterocycles. The van der Waals surface area contributed by atoms with Crippen LogP contribution in [-0.2, 0) is 0 Å². The summed E-state index contributed by atoms with van der Waals surface area (Å²) in [6.45, 7) is 4.18. The van der Waals surface area contributed by atoms with Gasteiger partial charge < -0.3 is 10.4 Å². The van der Waals surface area contributed by atoms with E-state index < -0.39 is 6.10 Å². The molecule has 3 rings (SSSR count). The molecule has 0 aliphatic rings. The largest absolute Gasteiger partial charge is 0.387 e. The fourth-order valence-electron chi connectivity index (χ4n) is 3.03. The second-order valence-electron chi connectivity index (χ2n) is 6.59. The Bertz CT molecular complexity index is 817. The number of benzene rings is 3. The quantitative estimate of drug-likeness (QED) is 0.600. The van der Waals surface area contributed by atoms with Crippen molar-refractivity contribution in [2.45, 2.75) is 26.0 Å². The fraction of sp³-hybridized carbons (Fsp3) is 0.217. The molecule has 0 spiro atoms. The molecule has 2 nitrogen and oxygen atoms in total. The SMILES string of the molecule is Cc1ccccc1-c1ccc(PCN[C@@H](C)[C@H](O)c2ccccc2)cc1. The summed E-state index contributed by atoms with van der Waals surface area (Å²) >= 11 is 0. The number of aliphatic hydroxyl groups is 1. The van der Waals surface area contributed by atoms with E-state index in [9.17, 15) is 5.11 Å². The third-order valence-electron chi connectivity index (χ3n) is 4.67. The van der Waals surface area contributed by atoms with Gasteiger partial charge in [-0.05, 0) is 41.4 Å². The van der Waals surface area contributed by atoms with E-state index >= 15 is 0 Å². The van der Waals surface area contributed by atoms with Gasteiger partial charge in [0.25, 0.3) is 0 Å². The van der Waals surface area contributed by atoms with Crippen LogP contribution in [0.3, 0.4) is 0 Å². The van der Waals surface area contributed by atoms with Crippen molar-refractivity contribution in [3.63, 3.8) is 0 Å². The molecule has 134 valence electrons. The molecule has 1 unspecified atom stereocenters. The molecule has 0 bridgehead atoms. The minimum absolute atomic E-state index is 0.0242. The predicted molar refractivity (Wildman–Crippen MR) is 113 cm³/mol. The molecule has 2 N–H and O–H groups in total. The van der Waals surface area contributed by atoms with Crippen LogP contribution in [0.25, 0.3) is 11.1 Å². The zero-order valence-electron chi connectivity index (χ0n) is 15.3. The van der Waals surface area contributed by atoms with Crippen LogP contribution >= 0.6 is 8.58 Å². The Hall–Kier alpha value is -1.99. The number of rotatable bonds is 7.